The molecule has 176 valence electrons. The van der Waals surface area contributed by atoms with Crippen molar-refractivity contribution in [1.29, 1.82) is 0 Å². The van der Waals surface area contributed by atoms with E-state index in [4.69, 9.17) is 9.26 Å². The van der Waals surface area contributed by atoms with Crippen LogP contribution in [0, 0.1) is 0 Å². The molecule has 32 heavy (non-hydrogen) atoms. The van der Waals surface area contributed by atoms with E-state index in [2.05, 4.69) is 34.6 Å². The molecule has 0 spiro atoms. The van der Waals surface area contributed by atoms with Crippen LogP contribution in [0.25, 0.3) is 0 Å². The van der Waals surface area contributed by atoms with Gasteiger partial charge in [-0.1, -0.05) is 49.3 Å². The second-order valence-electron chi connectivity index (χ2n) is 7.85. The summed E-state index contributed by atoms with van der Waals surface area (Å²) in [5, 5.41) is 10.7. The molecule has 1 unspecified atom stereocenters. The fourth-order valence-corrected chi connectivity index (χ4v) is 3.41. The fraction of sp³-hybridized carbons (Fsp3) is 0.522. The number of rotatable bonds is 8. The molecule has 1 aromatic heterocycles. The molecule has 1 aromatic carbocycles. The van der Waals surface area contributed by atoms with Crippen LogP contribution in [0.5, 0.6) is 0 Å². The first-order valence-electron chi connectivity index (χ1n) is 11.0. The molecule has 9 heteroatoms. The summed E-state index contributed by atoms with van der Waals surface area (Å²) in [6.07, 6.45) is 0. The van der Waals surface area contributed by atoms with Crippen LogP contribution in [0.1, 0.15) is 49.6 Å². The topological polar surface area (TPSA) is 92.0 Å². The van der Waals surface area contributed by atoms with Crippen molar-refractivity contribution in [3.05, 3.63) is 53.4 Å². The van der Waals surface area contributed by atoms with Gasteiger partial charge in [0.05, 0.1) is 24.8 Å². The monoisotopic (exact) mass is 555 g/mol. The molecule has 0 bridgehead atoms. The summed E-state index contributed by atoms with van der Waals surface area (Å²) in [5.74, 6) is 1.46. The van der Waals surface area contributed by atoms with Gasteiger partial charge in [0.2, 0.25) is 5.91 Å². The number of nitrogens with one attached hydrogen (secondary N) is 2. The van der Waals surface area contributed by atoms with Gasteiger partial charge in [0.25, 0.3) is 0 Å². The minimum atomic E-state index is -0.305. The lowest BCUT2D eigenvalue weighted by Gasteiger charge is -2.31. The number of benzene rings is 1. The van der Waals surface area contributed by atoms with Crippen LogP contribution in [0.3, 0.4) is 0 Å². The summed E-state index contributed by atoms with van der Waals surface area (Å²) >= 11 is 0. The average Bonchev–Trinajstić information content (AvgIpc) is 3.28. The number of aromatic nitrogens is 1. The Hall–Kier alpha value is -2.14. The number of ether oxygens (including phenoxy) is 1. The van der Waals surface area contributed by atoms with E-state index < -0.39 is 0 Å². The number of amides is 1. The summed E-state index contributed by atoms with van der Waals surface area (Å²) in [4.78, 5) is 19.8. The van der Waals surface area contributed by atoms with Gasteiger partial charge in [0.1, 0.15) is 6.54 Å². The van der Waals surface area contributed by atoms with Gasteiger partial charge < -0.3 is 24.8 Å². The Morgan fingerprint density at radius 2 is 1.91 bits per heavy atom. The van der Waals surface area contributed by atoms with Crippen molar-refractivity contribution in [2.75, 3.05) is 39.4 Å². The summed E-state index contributed by atoms with van der Waals surface area (Å²) in [6, 6.07) is 11.8. The molecular weight excluding hydrogens is 521 g/mol. The largest absolute Gasteiger partial charge is 0.378 e. The number of hydrogen-bond donors (Lipinski definition) is 2. The van der Waals surface area contributed by atoms with Gasteiger partial charge in [-0.2, -0.15) is 0 Å². The third kappa shape index (κ3) is 7.47. The summed E-state index contributed by atoms with van der Waals surface area (Å²) in [5.41, 5.74) is 1.91. The highest BCUT2D eigenvalue weighted by molar-refractivity contribution is 14.0. The van der Waals surface area contributed by atoms with E-state index in [0.717, 1.165) is 11.3 Å². The molecule has 1 aliphatic heterocycles. The highest BCUT2D eigenvalue weighted by Crippen LogP contribution is 2.19. The molecule has 8 nitrogen and oxygen atoms in total. The minimum Gasteiger partial charge on any atom is -0.378 e. The lowest BCUT2D eigenvalue weighted by molar-refractivity contribution is -0.136. The quantitative estimate of drug-likeness (QED) is 0.296. The molecule has 1 fully saturated rings. The highest BCUT2D eigenvalue weighted by Gasteiger charge is 2.27. The predicted octanol–water partition coefficient (Wildman–Crippen LogP) is 3.11. The highest BCUT2D eigenvalue weighted by atomic mass is 127. The SMILES string of the molecule is CCNC(=NCc1cc(C(C)C)no1)NCC(C(=O)N1CCOCC1)c1ccccc1.I. The molecule has 1 saturated heterocycles. The van der Waals surface area contributed by atoms with Crippen LogP contribution in [0.15, 0.2) is 45.9 Å². The molecule has 1 atom stereocenters. The van der Waals surface area contributed by atoms with E-state index >= 15 is 0 Å². The number of carbonyl (C=O) groups is 1. The normalized spacial score (nSPS) is 15.2. The first-order valence-corrected chi connectivity index (χ1v) is 11.0. The third-order valence-corrected chi connectivity index (χ3v) is 5.20. The third-order valence-electron chi connectivity index (χ3n) is 5.20. The van der Waals surface area contributed by atoms with Crippen LogP contribution < -0.4 is 10.6 Å². The van der Waals surface area contributed by atoms with Gasteiger partial charge in [-0.05, 0) is 18.4 Å². The number of carbonyl (C=O) groups excluding carboxylic acids is 1. The fourth-order valence-electron chi connectivity index (χ4n) is 3.41. The maximum Gasteiger partial charge on any atom is 0.232 e. The molecular formula is C23H34IN5O3. The lowest BCUT2D eigenvalue weighted by atomic mass is 9.97. The summed E-state index contributed by atoms with van der Waals surface area (Å²) in [6.45, 7) is 10.1. The number of morpholine rings is 1. The van der Waals surface area contributed by atoms with Gasteiger partial charge in [-0.25, -0.2) is 4.99 Å². The van der Waals surface area contributed by atoms with Gasteiger partial charge in [0.15, 0.2) is 11.7 Å². The second kappa shape index (κ2) is 13.4. The molecule has 1 aliphatic rings. The molecule has 2 aromatic rings. The molecule has 2 heterocycles. The molecule has 0 radical (unpaired) electrons. The second-order valence-corrected chi connectivity index (χ2v) is 7.85. The molecule has 1 amide bonds. The van der Waals surface area contributed by atoms with Gasteiger partial charge in [-0.3, -0.25) is 4.79 Å². The van der Waals surface area contributed by atoms with E-state index in [1.807, 2.05) is 48.2 Å². The van der Waals surface area contributed by atoms with Crippen molar-refractivity contribution >= 4 is 35.8 Å². The van der Waals surface area contributed by atoms with Crippen molar-refractivity contribution in [2.45, 2.75) is 39.2 Å². The van der Waals surface area contributed by atoms with Crippen LogP contribution in [-0.2, 0) is 16.1 Å². The van der Waals surface area contributed by atoms with Crippen molar-refractivity contribution in [1.82, 2.24) is 20.7 Å². The number of nitrogens with zero attached hydrogens (tertiary/aromatic N) is 3. The maximum absolute atomic E-state index is 13.3. The smallest absolute Gasteiger partial charge is 0.232 e. The summed E-state index contributed by atoms with van der Waals surface area (Å²) < 4.78 is 10.8. The Balaban J connectivity index is 0.00000363. The number of hydrogen-bond acceptors (Lipinski definition) is 5. The molecule has 0 saturated carbocycles. The van der Waals surface area contributed by atoms with Crippen LogP contribution >= 0.6 is 24.0 Å². The van der Waals surface area contributed by atoms with Crippen molar-refractivity contribution in [3.8, 4) is 0 Å². The van der Waals surface area contributed by atoms with Crippen LogP contribution in [-0.4, -0.2) is 61.3 Å². The van der Waals surface area contributed by atoms with Crippen molar-refractivity contribution in [2.24, 2.45) is 4.99 Å². The van der Waals surface area contributed by atoms with Crippen LogP contribution in [0.2, 0.25) is 0 Å². The zero-order chi connectivity index (χ0) is 22.1. The molecule has 2 N–H and O–H groups in total. The Bertz CT molecular complexity index is 850. The van der Waals surface area contributed by atoms with E-state index in [0.29, 0.717) is 63.6 Å². The number of halogens is 1. The maximum atomic E-state index is 13.3. The Labute approximate surface area is 207 Å². The standard InChI is InChI=1S/C23H33N5O3.HI/c1-4-24-23(25-15-19-14-21(17(2)3)27-31-19)26-16-20(18-8-6-5-7-9-18)22(29)28-10-12-30-13-11-28;/h5-9,14,17,20H,4,10-13,15-16H2,1-3H3,(H2,24,25,26);1H. The lowest BCUT2D eigenvalue weighted by Crippen LogP contribution is -2.47. The Morgan fingerprint density at radius 3 is 2.53 bits per heavy atom. The summed E-state index contributed by atoms with van der Waals surface area (Å²) in [7, 11) is 0. The van der Waals surface area contributed by atoms with Gasteiger partial charge >= 0.3 is 0 Å². The van der Waals surface area contributed by atoms with Gasteiger partial charge in [-0.15, -0.1) is 24.0 Å². The minimum absolute atomic E-state index is 0. The van der Waals surface area contributed by atoms with E-state index in [-0.39, 0.29) is 35.8 Å². The van der Waals surface area contributed by atoms with E-state index in [1.54, 1.807) is 0 Å². The van der Waals surface area contributed by atoms with Gasteiger partial charge in [0, 0.05) is 32.2 Å². The van der Waals surface area contributed by atoms with E-state index in [9.17, 15) is 4.79 Å². The Kier molecular flexibility index (Phi) is 10.9. The zero-order valence-corrected chi connectivity index (χ0v) is 21.4. The molecule has 0 aliphatic carbocycles. The number of aliphatic imine (C=N–C) groups is 1. The van der Waals surface area contributed by atoms with Crippen molar-refractivity contribution < 1.29 is 14.1 Å². The zero-order valence-electron chi connectivity index (χ0n) is 19.0. The first kappa shape index (κ1) is 26.1. The number of guanidine groups is 1. The van der Waals surface area contributed by atoms with Crippen LogP contribution in [0.4, 0.5) is 0 Å². The average molecular weight is 555 g/mol. The van der Waals surface area contributed by atoms with Crippen molar-refractivity contribution in [3.63, 3.8) is 0 Å². The predicted molar refractivity (Wildman–Crippen MR) is 135 cm³/mol. The molecule has 3 rings (SSSR count). The first-order chi connectivity index (χ1) is 15.1. The van der Waals surface area contributed by atoms with E-state index in [1.165, 1.54) is 0 Å². The Morgan fingerprint density at radius 1 is 1.19 bits per heavy atom.